The van der Waals surface area contributed by atoms with E-state index in [9.17, 15) is 18.0 Å². The van der Waals surface area contributed by atoms with Crippen LogP contribution in [-0.2, 0) is 19.6 Å². The van der Waals surface area contributed by atoms with E-state index in [4.69, 9.17) is 5.73 Å². The monoisotopic (exact) mass is 272 g/mol. The molecule has 1 amide bonds. The van der Waals surface area contributed by atoms with Gasteiger partial charge in [-0.05, 0) is 24.3 Å². The number of nitrogens with two attached hydrogens (primary N) is 1. The van der Waals surface area contributed by atoms with E-state index in [0.29, 0.717) is 0 Å². The normalized spacial score (nSPS) is 10.9. The SMILES string of the molecule is COC(=O)CNS(=O)(=O)c1ccc(C(N)=O)cc1. The second-order valence-electron chi connectivity index (χ2n) is 3.29. The zero-order valence-electron chi connectivity index (χ0n) is 9.54. The predicted molar refractivity (Wildman–Crippen MR) is 62.2 cm³/mol. The van der Waals surface area contributed by atoms with E-state index in [-0.39, 0.29) is 10.5 Å². The standard InChI is InChI=1S/C10H12N2O5S/c1-17-9(13)6-12-18(15,16)8-4-2-7(3-5-8)10(11)14/h2-5,12H,6H2,1H3,(H2,11,14). The maximum atomic E-state index is 11.7. The van der Waals surface area contributed by atoms with Crippen LogP contribution >= 0.6 is 0 Å². The first-order valence-electron chi connectivity index (χ1n) is 4.83. The molecule has 0 saturated heterocycles. The molecule has 0 heterocycles. The zero-order chi connectivity index (χ0) is 13.8. The molecule has 0 radical (unpaired) electrons. The van der Waals surface area contributed by atoms with Gasteiger partial charge in [0.1, 0.15) is 6.54 Å². The highest BCUT2D eigenvalue weighted by Crippen LogP contribution is 2.09. The van der Waals surface area contributed by atoms with Gasteiger partial charge >= 0.3 is 5.97 Å². The highest BCUT2D eigenvalue weighted by Gasteiger charge is 2.15. The second-order valence-corrected chi connectivity index (χ2v) is 5.06. The molecule has 0 aromatic heterocycles. The molecule has 1 rings (SSSR count). The fourth-order valence-corrected chi connectivity index (χ4v) is 2.08. The Labute approximate surface area is 104 Å². The molecule has 0 aliphatic carbocycles. The van der Waals surface area contributed by atoms with Gasteiger partial charge in [0.2, 0.25) is 15.9 Å². The Morgan fingerprint density at radius 2 is 1.83 bits per heavy atom. The van der Waals surface area contributed by atoms with Crippen LogP contribution in [0.4, 0.5) is 0 Å². The number of nitrogens with one attached hydrogen (secondary N) is 1. The van der Waals surface area contributed by atoms with Crippen molar-refractivity contribution in [3.63, 3.8) is 0 Å². The number of esters is 1. The summed E-state index contributed by atoms with van der Waals surface area (Å²) in [6.45, 7) is -0.462. The molecule has 18 heavy (non-hydrogen) atoms. The molecule has 7 nitrogen and oxygen atoms in total. The maximum absolute atomic E-state index is 11.7. The van der Waals surface area contributed by atoms with Crippen LogP contribution in [0.3, 0.4) is 0 Å². The van der Waals surface area contributed by atoms with Crippen molar-refractivity contribution in [3.8, 4) is 0 Å². The van der Waals surface area contributed by atoms with Crippen LogP contribution < -0.4 is 10.5 Å². The molecule has 0 bridgehead atoms. The summed E-state index contributed by atoms with van der Waals surface area (Å²) >= 11 is 0. The quantitative estimate of drug-likeness (QED) is 0.683. The number of primary amides is 1. The minimum absolute atomic E-state index is 0.0728. The van der Waals surface area contributed by atoms with Crippen LogP contribution in [-0.4, -0.2) is 33.9 Å². The number of hydrogen-bond acceptors (Lipinski definition) is 5. The molecular formula is C10H12N2O5S. The number of hydrogen-bond donors (Lipinski definition) is 2. The summed E-state index contributed by atoms with van der Waals surface area (Å²) < 4.78 is 29.8. The summed E-state index contributed by atoms with van der Waals surface area (Å²) in [6.07, 6.45) is 0. The van der Waals surface area contributed by atoms with Gasteiger partial charge < -0.3 is 10.5 Å². The van der Waals surface area contributed by atoms with Crippen molar-refractivity contribution in [1.29, 1.82) is 0 Å². The van der Waals surface area contributed by atoms with Crippen LogP contribution in [0.25, 0.3) is 0 Å². The van der Waals surface area contributed by atoms with Crippen molar-refractivity contribution in [1.82, 2.24) is 4.72 Å². The van der Waals surface area contributed by atoms with Crippen LogP contribution in [0.5, 0.6) is 0 Å². The van der Waals surface area contributed by atoms with Gasteiger partial charge in [0.15, 0.2) is 0 Å². The number of benzene rings is 1. The van der Waals surface area contributed by atoms with Gasteiger partial charge in [-0.1, -0.05) is 0 Å². The summed E-state index contributed by atoms with van der Waals surface area (Å²) in [5.74, 6) is -1.35. The summed E-state index contributed by atoms with van der Waals surface area (Å²) in [5, 5.41) is 0. The van der Waals surface area contributed by atoms with E-state index in [1.807, 2.05) is 0 Å². The van der Waals surface area contributed by atoms with Crippen molar-refractivity contribution >= 4 is 21.9 Å². The lowest BCUT2D eigenvalue weighted by atomic mass is 10.2. The van der Waals surface area contributed by atoms with Crippen molar-refractivity contribution in [2.45, 2.75) is 4.90 Å². The summed E-state index contributed by atoms with van der Waals surface area (Å²) in [4.78, 5) is 21.6. The number of carbonyl (C=O) groups excluding carboxylic acids is 2. The highest BCUT2D eigenvalue weighted by molar-refractivity contribution is 7.89. The summed E-state index contributed by atoms with van der Waals surface area (Å²) in [6, 6.07) is 5.02. The average Bonchev–Trinajstić information content (AvgIpc) is 2.36. The van der Waals surface area contributed by atoms with E-state index in [1.165, 1.54) is 24.3 Å². The van der Waals surface area contributed by atoms with Gasteiger partial charge in [0.25, 0.3) is 0 Å². The molecule has 0 fully saturated rings. The minimum Gasteiger partial charge on any atom is -0.468 e. The van der Waals surface area contributed by atoms with Crippen LogP contribution in [0, 0.1) is 0 Å². The third kappa shape index (κ3) is 3.54. The maximum Gasteiger partial charge on any atom is 0.320 e. The largest absolute Gasteiger partial charge is 0.468 e. The molecular weight excluding hydrogens is 260 g/mol. The summed E-state index contributed by atoms with van der Waals surface area (Å²) in [5.41, 5.74) is 5.22. The van der Waals surface area contributed by atoms with E-state index >= 15 is 0 Å². The number of carbonyl (C=O) groups is 2. The third-order valence-corrected chi connectivity index (χ3v) is 3.50. The molecule has 0 aliphatic rings. The molecule has 3 N–H and O–H groups in total. The molecule has 0 atom stereocenters. The van der Waals surface area contributed by atoms with Crippen LogP contribution in [0.2, 0.25) is 0 Å². The highest BCUT2D eigenvalue weighted by atomic mass is 32.2. The summed E-state index contributed by atoms with van der Waals surface area (Å²) in [7, 11) is -2.66. The molecule has 0 aliphatic heterocycles. The van der Waals surface area contributed by atoms with Gasteiger partial charge in [-0.25, -0.2) is 8.42 Å². The van der Waals surface area contributed by atoms with Crippen LogP contribution in [0.1, 0.15) is 10.4 Å². The van der Waals surface area contributed by atoms with Gasteiger partial charge in [0, 0.05) is 5.56 Å². The first-order valence-corrected chi connectivity index (χ1v) is 6.31. The Kier molecular flexibility index (Phi) is 4.40. The lowest BCUT2D eigenvalue weighted by Gasteiger charge is -2.05. The first-order chi connectivity index (χ1) is 8.36. The Morgan fingerprint density at radius 3 is 2.28 bits per heavy atom. The number of amides is 1. The number of ether oxygens (including phenoxy) is 1. The lowest BCUT2D eigenvalue weighted by Crippen LogP contribution is -2.30. The molecule has 0 saturated carbocycles. The van der Waals surface area contributed by atoms with Crippen LogP contribution in [0.15, 0.2) is 29.2 Å². The second kappa shape index (κ2) is 5.61. The van der Waals surface area contributed by atoms with Gasteiger partial charge in [-0.3, -0.25) is 9.59 Å². The Balaban J connectivity index is 2.85. The first kappa shape index (κ1) is 14.1. The van der Waals surface area contributed by atoms with Crippen molar-refractivity contribution in [3.05, 3.63) is 29.8 Å². The fourth-order valence-electron chi connectivity index (χ4n) is 1.11. The van der Waals surface area contributed by atoms with E-state index in [1.54, 1.807) is 0 Å². The Hall–Kier alpha value is -1.93. The number of methoxy groups -OCH3 is 1. The molecule has 1 aromatic carbocycles. The molecule has 0 spiro atoms. The topological polar surface area (TPSA) is 116 Å². The van der Waals surface area contributed by atoms with Crippen molar-refractivity contribution in [2.75, 3.05) is 13.7 Å². The Bertz CT molecular complexity index is 550. The van der Waals surface area contributed by atoms with Gasteiger partial charge in [-0.15, -0.1) is 0 Å². The zero-order valence-corrected chi connectivity index (χ0v) is 10.4. The van der Waals surface area contributed by atoms with Gasteiger partial charge in [-0.2, -0.15) is 4.72 Å². The Morgan fingerprint density at radius 1 is 1.28 bits per heavy atom. The molecule has 8 heteroatoms. The fraction of sp³-hybridized carbons (Fsp3) is 0.200. The average molecular weight is 272 g/mol. The van der Waals surface area contributed by atoms with Gasteiger partial charge in [0.05, 0.1) is 12.0 Å². The number of rotatable bonds is 5. The molecule has 1 aromatic rings. The number of sulfonamides is 1. The van der Waals surface area contributed by atoms with Crippen molar-refractivity contribution < 1.29 is 22.7 Å². The lowest BCUT2D eigenvalue weighted by molar-refractivity contribution is -0.139. The third-order valence-electron chi connectivity index (χ3n) is 2.08. The van der Waals surface area contributed by atoms with E-state index in [2.05, 4.69) is 9.46 Å². The van der Waals surface area contributed by atoms with E-state index in [0.717, 1.165) is 7.11 Å². The minimum atomic E-state index is -3.81. The smallest absolute Gasteiger partial charge is 0.320 e. The molecule has 0 unspecified atom stereocenters. The van der Waals surface area contributed by atoms with Crippen molar-refractivity contribution in [2.24, 2.45) is 5.73 Å². The molecule has 98 valence electrons. The predicted octanol–water partition coefficient (Wildman–Crippen LogP) is -0.763. The van der Waals surface area contributed by atoms with E-state index < -0.39 is 28.4 Å².